The van der Waals surface area contributed by atoms with Crippen LogP contribution in [-0.2, 0) is 17.8 Å². The van der Waals surface area contributed by atoms with Crippen LogP contribution in [0.1, 0.15) is 31.0 Å². The second kappa shape index (κ2) is 10.9. The third-order valence-electron chi connectivity index (χ3n) is 5.59. The molecule has 0 unspecified atom stereocenters. The van der Waals surface area contributed by atoms with Gasteiger partial charge in [0, 0.05) is 31.7 Å². The van der Waals surface area contributed by atoms with Crippen molar-refractivity contribution in [3.8, 4) is 23.0 Å². The third kappa shape index (κ3) is 6.29. The normalized spacial score (nSPS) is 16.5. The molecule has 2 N–H and O–H groups in total. The summed E-state index contributed by atoms with van der Waals surface area (Å²) in [6, 6.07) is 5.71. The van der Waals surface area contributed by atoms with E-state index in [2.05, 4.69) is 19.9 Å². The molecular weight excluding hydrogens is 422 g/mol. The first-order valence-corrected chi connectivity index (χ1v) is 11.2. The van der Waals surface area contributed by atoms with E-state index in [1.54, 1.807) is 24.7 Å². The molecule has 0 spiro atoms. The minimum absolute atomic E-state index is 0.392. The highest BCUT2D eigenvalue weighted by Gasteiger charge is 2.22. The van der Waals surface area contributed by atoms with Gasteiger partial charge in [-0.3, -0.25) is 9.88 Å². The highest BCUT2D eigenvalue weighted by molar-refractivity contribution is 5.68. The maximum Gasteiger partial charge on any atom is 0.341 e. The molecular formula is C24H29N5O4. The van der Waals surface area contributed by atoms with Crippen LogP contribution in [0.15, 0.2) is 43.0 Å². The zero-order chi connectivity index (χ0) is 23.0. The summed E-state index contributed by atoms with van der Waals surface area (Å²) in [6.45, 7) is 4.80. The molecule has 1 atom stereocenters. The first-order chi connectivity index (χ1) is 16.1. The Kier molecular flexibility index (Phi) is 7.51. The molecule has 0 radical (unpaired) electrons. The number of rotatable bonds is 10. The Hall–Kier alpha value is -3.46. The van der Waals surface area contributed by atoms with Crippen molar-refractivity contribution in [1.29, 1.82) is 0 Å². The van der Waals surface area contributed by atoms with E-state index in [0.29, 0.717) is 24.0 Å². The fraction of sp³-hybridized carbons (Fsp3) is 0.417. The quantitative estimate of drug-likeness (QED) is 0.483. The number of hydrogen-bond donors (Lipinski definition) is 2. The number of aromatic amines is 1. The number of piperidine rings is 1. The second-order valence-corrected chi connectivity index (χ2v) is 8.18. The first kappa shape index (κ1) is 22.7. The fourth-order valence-electron chi connectivity index (χ4n) is 4.22. The van der Waals surface area contributed by atoms with Gasteiger partial charge in [0.15, 0.2) is 23.9 Å². The number of ether oxygens (including phenoxy) is 2. The van der Waals surface area contributed by atoms with Crippen LogP contribution in [0.4, 0.5) is 0 Å². The number of aromatic nitrogens is 4. The molecule has 1 aromatic carbocycles. The summed E-state index contributed by atoms with van der Waals surface area (Å²) < 4.78 is 11.0. The smallest absolute Gasteiger partial charge is 0.341 e. The van der Waals surface area contributed by atoms with Crippen LogP contribution in [0.3, 0.4) is 0 Å². The number of nitrogens with zero attached hydrogens (tertiary/aromatic N) is 4. The minimum atomic E-state index is -1.01. The zero-order valence-electron chi connectivity index (χ0n) is 18.7. The van der Waals surface area contributed by atoms with Gasteiger partial charge in [-0.25, -0.2) is 14.8 Å². The molecule has 1 aliphatic heterocycles. The summed E-state index contributed by atoms with van der Waals surface area (Å²) in [5, 5.41) is 8.87. The van der Waals surface area contributed by atoms with Crippen LogP contribution in [0.2, 0.25) is 0 Å². The molecule has 9 nitrogen and oxygen atoms in total. The minimum Gasteiger partial charge on any atom is -0.490 e. The third-order valence-corrected chi connectivity index (χ3v) is 5.59. The number of carbonyl (C=O) groups is 1. The maximum absolute atomic E-state index is 10.8. The number of H-pyrrole nitrogens is 1. The molecule has 1 aliphatic rings. The van der Waals surface area contributed by atoms with Gasteiger partial charge in [-0.1, -0.05) is 6.07 Å². The molecule has 174 valence electrons. The predicted molar refractivity (Wildman–Crippen MR) is 122 cm³/mol. The van der Waals surface area contributed by atoms with Crippen LogP contribution in [0.5, 0.6) is 11.5 Å². The Bertz CT molecular complexity index is 1060. The Morgan fingerprint density at radius 2 is 2.18 bits per heavy atom. The SMILES string of the molecule is CCOc1cc(CN2CCC[C@@H](Cc3cncc(-c4ncc[nH]4)n3)C2)ccc1OCC(=O)O. The van der Waals surface area contributed by atoms with E-state index in [0.717, 1.165) is 61.7 Å². The van der Waals surface area contributed by atoms with Crippen LogP contribution >= 0.6 is 0 Å². The van der Waals surface area contributed by atoms with E-state index in [9.17, 15) is 4.79 Å². The maximum atomic E-state index is 10.8. The molecule has 0 saturated carbocycles. The number of carboxylic acid groups (broad SMARTS) is 1. The monoisotopic (exact) mass is 451 g/mol. The average molecular weight is 452 g/mol. The number of nitrogens with one attached hydrogen (secondary N) is 1. The van der Waals surface area contributed by atoms with E-state index in [-0.39, 0.29) is 0 Å². The Labute approximate surface area is 192 Å². The van der Waals surface area contributed by atoms with Crippen molar-refractivity contribution in [2.24, 2.45) is 5.92 Å². The highest BCUT2D eigenvalue weighted by Crippen LogP contribution is 2.30. The molecule has 4 rings (SSSR count). The van der Waals surface area contributed by atoms with E-state index in [1.807, 2.05) is 25.3 Å². The lowest BCUT2D eigenvalue weighted by Gasteiger charge is -2.32. The highest BCUT2D eigenvalue weighted by atomic mass is 16.5. The average Bonchev–Trinajstić information content (AvgIpc) is 3.34. The van der Waals surface area contributed by atoms with Gasteiger partial charge < -0.3 is 19.6 Å². The van der Waals surface area contributed by atoms with Crippen molar-refractivity contribution < 1.29 is 19.4 Å². The van der Waals surface area contributed by atoms with E-state index >= 15 is 0 Å². The van der Waals surface area contributed by atoms with Gasteiger partial charge in [-0.2, -0.15) is 0 Å². The summed E-state index contributed by atoms with van der Waals surface area (Å²) in [5.41, 5.74) is 2.86. The molecule has 1 fully saturated rings. The molecule has 9 heteroatoms. The van der Waals surface area contributed by atoms with Gasteiger partial charge in [0.1, 0.15) is 5.69 Å². The van der Waals surface area contributed by atoms with Gasteiger partial charge in [-0.05, 0) is 56.3 Å². The van der Waals surface area contributed by atoms with Crippen molar-refractivity contribution in [2.45, 2.75) is 32.7 Å². The van der Waals surface area contributed by atoms with Crippen molar-refractivity contribution in [3.05, 3.63) is 54.2 Å². The molecule has 1 saturated heterocycles. The second-order valence-electron chi connectivity index (χ2n) is 8.18. The van der Waals surface area contributed by atoms with Crippen LogP contribution in [0, 0.1) is 5.92 Å². The molecule has 3 aromatic rings. The number of aliphatic carboxylic acids is 1. The van der Waals surface area contributed by atoms with Crippen molar-refractivity contribution in [3.63, 3.8) is 0 Å². The van der Waals surface area contributed by atoms with Gasteiger partial charge >= 0.3 is 5.97 Å². The lowest BCUT2D eigenvalue weighted by atomic mass is 9.93. The van der Waals surface area contributed by atoms with E-state index in [4.69, 9.17) is 19.6 Å². The number of likely N-dealkylation sites (tertiary alicyclic amines) is 1. The molecule has 0 bridgehead atoms. The number of carboxylic acids is 1. The van der Waals surface area contributed by atoms with Gasteiger partial charge in [0.2, 0.25) is 0 Å². The summed E-state index contributed by atoms with van der Waals surface area (Å²) in [4.78, 5) is 29.7. The molecule has 0 amide bonds. The van der Waals surface area contributed by atoms with E-state index in [1.165, 1.54) is 0 Å². The molecule has 33 heavy (non-hydrogen) atoms. The lowest BCUT2D eigenvalue weighted by molar-refractivity contribution is -0.139. The standard InChI is InChI=1S/C24H29N5O4/c1-2-32-22-11-18(5-6-21(22)33-16-23(30)31)15-29-9-3-4-17(14-29)10-19-12-25-13-20(28-19)24-26-7-8-27-24/h5-8,11-13,17H,2-4,9-10,14-16H2,1H3,(H,26,27)(H,30,31)/t17-/m0/s1. The fourth-order valence-corrected chi connectivity index (χ4v) is 4.22. The lowest BCUT2D eigenvalue weighted by Crippen LogP contribution is -2.35. The van der Waals surface area contributed by atoms with Crippen LogP contribution in [0.25, 0.3) is 11.5 Å². The largest absolute Gasteiger partial charge is 0.490 e. The van der Waals surface area contributed by atoms with Crippen molar-refractivity contribution >= 4 is 5.97 Å². The van der Waals surface area contributed by atoms with Gasteiger partial charge in [-0.15, -0.1) is 0 Å². The predicted octanol–water partition coefficient (Wildman–Crippen LogP) is 3.18. The Morgan fingerprint density at radius 1 is 1.27 bits per heavy atom. The first-order valence-electron chi connectivity index (χ1n) is 11.2. The van der Waals surface area contributed by atoms with Gasteiger partial charge in [0.25, 0.3) is 0 Å². The summed E-state index contributed by atoms with van der Waals surface area (Å²) in [7, 11) is 0. The van der Waals surface area contributed by atoms with Crippen molar-refractivity contribution in [2.75, 3.05) is 26.3 Å². The van der Waals surface area contributed by atoms with Crippen LogP contribution < -0.4 is 9.47 Å². The van der Waals surface area contributed by atoms with Crippen molar-refractivity contribution in [1.82, 2.24) is 24.8 Å². The number of benzene rings is 1. The summed E-state index contributed by atoms with van der Waals surface area (Å²) >= 11 is 0. The summed E-state index contributed by atoms with van der Waals surface area (Å²) in [6.07, 6.45) is 10.2. The Balaban J connectivity index is 1.38. The number of hydrogen-bond acceptors (Lipinski definition) is 7. The van der Waals surface area contributed by atoms with E-state index < -0.39 is 12.6 Å². The van der Waals surface area contributed by atoms with Gasteiger partial charge in [0.05, 0.1) is 18.5 Å². The van der Waals surface area contributed by atoms with Crippen LogP contribution in [-0.4, -0.2) is 62.2 Å². The molecule has 3 heterocycles. The number of imidazole rings is 1. The molecule has 0 aliphatic carbocycles. The summed E-state index contributed by atoms with van der Waals surface area (Å²) in [5.74, 6) is 1.25. The zero-order valence-corrected chi connectivity index (χ0v) is 18.7. The topological polar surface area (TPSA) is 113 Å². The Morgan fingerprint density at radius 3 is 2.97 bits per heavy atom. The molecule has 2 aromatic heterocycles.